The Labute approximate surface area is 172 Å². The molecule has 5 heteroatoms. The molecule has 1 aliphatic rings. The average Bonchev–Trinajstić information content (AvgIpc) is 2.76. The van der Waals surface area contributed by atoms with Gasteiger partial charge in [-0.3, -0.25) is 0 Å². The van der Waals surface area contributed by atoms with Crippen molar-refractivity contribution >= 4 is 16.9 Å². The van der Waals surface area contributed by atoms with Gasteiger partial charge in [0.05, 0.1) is 24.3 Å². The molecular weight excluding hydrogens is 381 g/mol. The first kappa shape index (κ1) is 18.3. The van der Waals surface area contributed by atoms with Crippen molar-refractivity contribution in [3.63, 3.8) is 0 Å². The number of hydrogen-bond donors (Lipinski definition) is 0. The first-order chi connectivity index (χ1) is 14.5. The van der Waals surface area contributed by atoms with Gasteiger partial charge >= 0.3 is 0 Å². The molecule has 148 valence electrons. The second kappa shape index (κ2) is 6.95. The zero-order valence-corrected chi connectivity index (χ0v) is 16.2. The van der Waals surface area contributed by atoms with E-state index in [0.717, 1.165) is 28.0 Å². The number of hydrogen-bond acceptors (Lipinski definition) is 4. The Morgan fingerprint density at radius 1 is 1.03 bits per heavy atom. The van der Waals surface area contributed by atoms with E-state index in [1.165, 1.54) is 18.2 Å². The summed E-state index contributed by atoms with van der Waals surface area (Å²) >= 11 is 0. The summed E-state index contributed by atoms with van der Waals surface area (Å²) in [6, 6.07) is 18.0. The summed E-state index contributed by atoms with van der Waals surface area (Å²) in [5, 5.41) is 12.2. The van der Waals surface area contributed by atoms with E-state index in [1.807, 2.05) is 36.4 Å². The fraction of sp³-hybridized carbons (Fsp3) is 0.120. The minimum absolute atomic E-state index is 0.0389. The molecule has 0 bridgehead atoms. The molecule has 1 aromatic heterocycles. The Balaban J connectivity index is 1.70. The molecule has 3 aromatic carbocycles. The molecular formula is C25H17FNO3-. The van der Waals surface area contributed by atoms with Gasteiger partial charge < -0.3 is 14.6 Å². The Morgan fingerprint density at radius 3 is 2.67 bits per heavy atom. The molecule has 0 aliphatic heterocycles. The number of halogens is 1. The quantitative estimate of drug-likeness (QED) is 0.519. The first-order valence-electron chi connectivity index (χ1n) is 9.66. The summed E-state index contributed by atoms with van der Waals surface area (Å²) in [4.78, 5) is 16.6. The van der Waals surface area contributed by atoms with E-state index in [-0.39, 0.29) is 10.9 Å². The Kier molecular flexibility index (Phi) is 4.24. The molecule has 0 amide bonds. The number of ether oxygens (including phenoxy) is 1. The van der Waals surface area contributed by atoms with Gasteiger partial charge in [0, 0.05) is 16.5 Å². The number of rotatable bonds is 3. The molecule has 0 fully saturated rings. The number of carboxylic acid groups (broad SMARTS) is 1. The van der Waals surface area contributed by atoms with E-state index < -0.39 is 11.8 Å². The highest BCUT2D eigenvalue weighted by Gasteiger charge is 2.23. The van der Waals surface area contributed by atoms with Crippen molar-refractivity contribution in [1.29, 1.82) is 0 Å². The van der Waals surface area contributed by atoms with Gasteiger partial charge in [0.2, 0.25) is 0 Å². The van der Waals surface area contributed by atoms with Gasteiger partial charge in [0.25, 0.3) is 0 Å². The number of carbonyl (C=O) groups is 1. The van der Waals surface area contributed by atoms with Crippen LogP contribution in [-0.2, 0) is 12.8 Å². The number of aryl methyl sites for hydroxylation is 1. The molecule has 0 N–H and O–H groups in total. The number of benzene rings is 3. The first-order valence-corrected chi connectivity index (χ1v) is 9.66. The summed E-state index contributed by atoms with van der Waals surface area (Å²) in [6.45, 7) is 0. The van der Waals surface area contributed by atoms with Crippen LogP contribution in [0.15, 0.2) is 60.7 Å². The molecule has 1 heterocycles. The van der Waals surface area contributed by atoms with E-state index in [9.17, 15) is 14.3 Å². The number of methoxy groups -OCH3 is 1. The molecule has 0 atom stereocenters. The normalized spacial score (nSPS) is 12.3. The van der Waals surface area contributed by atoms with Gasteiger partial charge in [-0.25, -0.2) is 9.37 Å². The average molecular weight is 398 g/mol. The largest absolute Gasteiger partial charge is 0.545 e. The molecule has 0 spiro atoms. The highest BCUT2D eigenvalue weighted by molar-refractivity contribution is 6.05. The van der Waals surface area contributed by atoms with Gasteiger partial charge in [0.15, 0.2) is 0 Å². The smallest absolute Gasteiger partial charge is 0.123 e. The maximum Gasteiger partial charge on any atom is 0.123 e. The van der Waals surface area contributed by atoms with Crippen LogP contribution in [0.4, 0.5) is 4.39 Å². The van der Waals surface area contributed by atoms with Crippen LogP contribution in [0.1, 0.15) is 21.5 Å². The minimum atomic E-state index is -1.30. The second-order valence-electron chi connectivity index (χ2n) is 7.37. The van der Waals surface area contributed by atoms with Gasteiger partial charge in [-0.1, -0.05) is 30.3 Å². The molecule has 1 aliphatic carbocycles. The number of pyridine rings is 1. The van der Waals surface area contributed by atoms with Crippen molar-refractivity contribution < 1.29 is 19.0 Å². The van der Waals surface area contributed by atoms with E-state index in [0.29, 0.717) is 29.6 Å². The zero-order valence-electron chi connectivity index (χ0n) is 16.2. The molecule has 5 rings (SSSR count). The number of fused-ring (bicyclic) bond motifs is 4. The van der Waals surface area contributed by atoms with Crippen LogP contribution in [0.25, 0.3) is 33.3 Å². The number of nitrogens with zero attached hydrogens (tertiary/aromatic N) is 1. The van der Waals surface area contributed by atoms with Crippen LogP contribution in [-0.4, -0.2) is 18.1 Å². The zero-order chi connectivity index (χ0) is 20.8. The molecule has 30 heavy (non-hydrogen) atoms. The van der Waals surface area contributed by atoms with Gasteiger partial charge in [-0.05, 0) is 65.4 Å². The Morgan fingerprint density at radius 2 is 1.87 bits per heavy atom. The third-order valence-corrected chi connectivity index (χ3v) is 5.66. The summed E-state index contributed by atoms with van der Waals surface area (Å²) in [5.74, 6) is -1.01. The van der Waals surface area contributed by atoms with Crippen LogP contribution in [0.3, 0.4) is 0 Å². The molecule has 0 radical (unpaired) electrons. The standard InChI is InChI=1S/C25H18FNO3/c1-30-18-4-2-3-14(12-18)15-5-8-19-16(11-15)6-9-20-23(25(28)29)21-13-17(26)7-10-22(21)27-24(19)20/h2-5,7-8,10-13H,6,9H2,1H3,(H,28,29)/p-1. The molecule has 0 saturated carbocycles. The van der Waals surface area contributed by atoms with Gasteiger partial charge in [-0.2, -0.15) is 0 Å². The van der Waals surface area contributed by atoms with E-state index in [2.05, 4.69) is 6.07 Å². The molecule has 0 saturated heterocycles. The summed E-state index contributed by atoms with van der Waals surface area (Å²) in [5.41, 5.74) is 5.81. The van der Waals surface area contributed by atoms with Crippen molar-refractivity contribution in [2.45, 2.75) is 12.8 Å². The third-order valence-electron chi connectivity index (χ3n) is 5.66. The van der Waals surface area contributed by atoms with Gasteiger partial charge in [0.1, 0.15) is 11.6 Å². The van der Waals surface area contributed by atoms with Crippen molar-refractivity contribution in [2.24, 2.45) is 0 Å². The predicted octanol–water partition coefficient (Wildman–Crippen LogP) is 4.18. The van der Waals surface area contributed by atoms with Crippen molar-refractivity contribution in [2.75, 3.05) is 7.11 Å². The van der Waals surface area contributed by atoms with E-state index in [4.69, 9.17) is 9.72 Å². The van der Waals surface area contributed by atoms with Crippen LogP contribution >= 0.6 is 0 Å². The van der Waals surface area contributed by atoms with Crippen LogP contribution < -0.4 is 9.84 Å². The molecule has 4 nitrogen and oxygen atoms in total. The Bertz CT molecular complexity index is 1330. The highest BCUT2D eigenvalue weighted by atomic mass is 19.1. The van der Waals surface area contributed by atoms with Gasteiger partial charge in [-0.15, -0.1) is 0 Å². The molecule has 4 aromatic rings. The fourth-order valence-corrected chi connectivity index (χ4v) is 4.25. The topological polar surface area (TPSA) is 62.2 Å². The second-order valence-corrected chi connectivity index (χ2v) is 7.37. The number of aromatic nitrogens is 1. The van der Waals surface area contributed by atoms with Crippen molar-refractivity contribution in [3.8, 4) is 28.1 Å². The van der Waals surface area contributed by atoms with Crippen molar-refractivity contribution in [1.82, 2.24) is 4.98 Å². The fourth-order valence-electron chi connectivity index (χ4n) is 4.25. The lowest BCUT2D eigenvalue weighted by atomic mass is 9.84. The third kappa shape index (κ3) is 2.90. The van der Waals surface area contributed by atoms with Crippen LogP contribution in [0, 0.1) is 5.82 Å². The summed E-state index contributed by atoms with van der Waals surface area (Å²) in [6.07, 6.45) is 1.18. The minimum Gasteiger partial charge on any atom is -0.545 e. The SMILES string of the molecule is COc1cccc(-c2ccc3c(c2)CCc2c-3nc3ccc(F)cc3c2C(=O)[O-])c1. The van der Waals surface area contributed by atoms with Crippen molar-refractivity contribution in [3.05, 3.63) is 83.2 Å². The van der Waals surface area contributed by atoms with Crippen LogP contribution in [0.2, 0.25) is 0 Å². The number of carboxylic acids is 1. The summed E-state index contributed by atoms with van der Waals surface area (Å²) in [7, 11) is 1.64. The van der Waals surface area contributed by atoms with E-state index >= 15 is 0 Å². The predicted molar refractivity (Wildman–Crippen MR) is 111 cm³/mol. The number of aromatic carboxylic acids is 1. The van der Waals surface area contributed by atoms with E-state index in [1.54, 1.807) is 7.11 Å². The Hall–Kier alpha value is -3.73. The lowest BCUT2D eigenvalue weighted by Crippen LogP contribution is -2.26. The molecule has 0 unspecified atom stereocenters. The lowest BCUT2D eigenvalue weighted by molar-refractivity contribution is -0.254. The lowest BCUT2D eigenvalue weighted by Gasteiger charge is -2.24. The highest BCUT2D eigenvalue weighted by Crippen LogP contribution is 2.38. The summed E-state index contributed by atoms with van der Waals surface area (Å²) < 4.78 is 19.1. The van der Waals surface area contributed by atoms with Crippen LogP contribution in [0.5, 0.6) is 5.75 Å². The maximum absolute atomic E-state index is 13.8. The monoisotopic (exact) mass is 398 g/mol. The number of carbonyl (C=O) groups excluding carboxylic acids is 1. The maximum atomic E-state index is 13.8.